The highest BCUT2D eigenvalue weighted by atomic mass is 32.2. The van der Waals surface area contributed by atoms with E-state index in [0.29, 0.717) is 6.54 Å². The summed E-state index contributed by atoms with van der Waals surface area (Å²) < 4.78 is 25.9. The minimum absolute atomic E-state index is 0.0156. The first-order chi connectivity index (χ1) is 9.09. The van der Waals surface area contributed by atoms with Gasteiger partial charge in [-0.1, -0.05) is 6.07 Å². The highest BCUT2D eigenvalue weighted by Gasteiger charge is 2.25. The Bertz CT molecular complexity index is 539. The normalized spacial score (nSPS) is 14.9. The Kier molecular flexibility index (Phi) is 4.54. The maximum atomic E-state index is 12.4. The van der Waals surface area contributed by atoms with Gasteiger partial charge in [-0.05, 0) is 23.3 Å². The van der Waals surface area contributed by atoms with Crippen LogP contribution in [0, 0.1) is 0 Å². The summed E-state index contributed by atoms with van der Waals surface area (Å²) in [4.78, 5) is 0.205. The summed E-state index contributed by atoms with van der Waals surface area (Å²) in [5, 5.41) is 21.0. The van der Waals surface area contributed by atoms with Crippen molar-refractivity contribution in [2.24, 2.45) is 0 Å². The van der Waals surface area contributed by atoms with Crippen molar-refractivity contribution in [1.29, 1.82) is 0 Å². The third-order valence-corrected chi connectivity index (χ3v) is 5.04. The Morgan fingerprint density at radius 3 is 2.37 bits per heavy atom. The Morgan fingerprint density at radius 2 is 1.74 bits per heavy atom. The van der Waals surface area contributed by atoms with Crippen molar-refractivity contribution in [2.45, 2.75) is 18.0 Å². The maximum absolute atomic E-state index is 12.4. The largest absolute Gasteiger partial charge is 0.395 e. The second-order valence-electron chi connectivity index (χ2n) is 4.39. The molecule has 0 aliphatic carbocycles. The van der Waals surface area contributed by atoms with Gasteiger partial charge in [-0.2, -0.15) is 4.31 Å². The van der Waals surface area contributed by atoms with Crippen LogP contribution in [0.3, 0.4) is 0 Å². The molecule has 7 heteroatoms. The number of rotatable bonds is 6. The van der Waals surface area contributed by atoms with Crippen molar-refractivity contribution in [3.05, 3.63) is 29.3 Å². The van der Waals surface area contributed by atoms with Crippen LogP contribution < -0.4 is 5.32 Å². The predicted octanol–water partition coefficient (Wildman–Crippen LogP) is -0.735. The summed E-state index contributed by atoms with van der Waals surface area (Å²) in [6.45, 7) is 0.846. The maximum Gasteiger partial charge on any atom is 0.243 e. The Morgan fingerprint density at radius 1 is 1.11 bits per heavy atom. The van der Waals surface area contributed by atoms with Crippen LogP contribution in [0.4, 0.5) is 0 Å². The molecule has 1 aromatic rings. The molecule has 0 saturated carbocycles. The zero-order chi connectivity index (χ0) is 13.9. The van der Waals surface area contributed by atoms with Crippen molar-refractivity contribution in [1.82, 2.24) is 9.62 Å². The minimum Gasteiger partial charge on any atom is -0.395 e. The fraction of sp³-hybridized carbons (Fsp3) is 0.500. The third-order valence-electron chi connectivity index (χ3n) is 3.15. The molecule has 19 heavy (non-hydrogen) atoms. The summed E-state index contributed by atoms with van der Waals surface area (Å²) in [5.74, 6) is 0. The van der Waals surface area contributed by atoms with Crippen molar-refractivity contribution in [3.8, 4) is 0 Å². The number of fused-ring (bicyclic) bond motifs is 1. The SMILES string of the molecule is O=S(=O)(c1ccc2c(c1)CNC2)N(CCO)CCO. The molecule has 0 saturated heterocycles. The number of sulfonamides is 1. The van der Waals surface area contributed by atoms with Crippen LogP contribution in [0.25, 0.3) is 0 Å². The van der Waals surface area contributed by atoms with Crippen LogP contribution in [-0.4, -0.2) is 49.2 Å². The lowest BCUT2D eigenvalue weighted by Crippen LogP contribution is -2.35. The average molecular weight is 286 g/mol. The summed E-state index contributed by atoms with van der Waals surface area (Å²) in [6.07, 6.45) is 0. The standard InChI is InChI=1S/C12H18N2O4S/c15-5-3-14(4-6-16)19(17,18)12-2-1-10-8-13-9-11(10)7-12/h1-2,7,13,15-16H,3-6,8-9H2. The third kappa shape index (κ3) is 2.96. The number of hydrogen-bond donors (Lipinski definition) is 3. The van der Waals surface area contributed by atoms with Crippen LogP contribution in [0.1, 0.15) is 11.1 Å². The molecule has 0 spiro atoms. The van der Waals surface area contributed by atoms with Gasteiger partial charge in [0.1, 0.15) is 0 Å². The van der Waals surface area contributed by atoms with E-state index in [-0.39, 0.29) is 31.2 Å². The number of aliphatic hydroxyl groups is 2. The van der Waals surface area contributed by atoms with Crippen LogP contribution in [0.5, 0.6) is 0 Å². The topological polar surface area (TPSA) is 89.9 Å². The average Bonchev–Trinajstić information content (AvgIpc) is 2.85. The highest BCUT2D eigenvalue weighted by Crippen LogP contribution is 2.22. The molecule has 0 radical (unpaired) electrons. The lowest BCUT2D eigenvalue weighted by atomic mass is 10.1. The van der Waals surface area contributed by atoms with Crippen LogP contribution in [0.15, 0.2) is 23.1 Å². The molecule has 1 heterocycles. The van der Waals surface area contributed by atoms with Gasteiger partial charge in [0.15, 0.2) is 0 Å². The van der Waals surface area contributed by atoms with E-state index in [1.54, 1.807) is 18.2 Å². The van der Waals surface area contributed by atoms with Gasteiger partial charge in [0.05, 0.1) is 18.1 Å². The van der Waals surface area contributed by atoms with Crippen LogP contribution in [-0.2, 0) is 23.1 Å². The summed E-state index contributed by atoms with van der Waals surface area (Å²) in [6, 6.07) is 5.04. The molecular weight excluding hydrogens is 268 g/mol. The fourth-order valence-electron chi connectivity index (χ4n) is 2.16. The predicted molar refractivity (Wildman–Crippen MR) is 69.9 cm³/mol. The molecule has 0 amide bonds. The van der Waals surface area contributed by atoms with Gasteiger partial charge in [0, 0.05) is 26.2 Å². The number of benzene rings is 1. The van der Waals surface area contributed by atoms with E-state index in [2.05, 4.69) is 5.32 Å². The highest BCUT2D eigenvalue weighted by molar-refractivity contribution is 7.89. The lowest BCUT2D eigenvalue weighted by Gasteiger charge is -2.20. The van der Waals surface area contributed by atoms with Crippen molar-refractivity contribution < 1.29 is 18.6 Å². The zero-order valence-corrected chi connectivity index (χ0v) is 11.4. The van der Waals surface area contributed by atoms with Gasteiger partial charge in [0.25, 0.3) is 0 Å². The van der Waals surface area contributed by atoms with Crippen molar-refractivity contribution >= 4 is 10.0 Å². The first-order valence-corrected chi connectivity index (χ1v) is 7.58. The van der Waals surface area contributed by atoms with E-state index in [4.69, 9.17) is 10.2 Å². The number of aliphatic hydroxyl groups excluding tert-OH is 2. The Labute approximate surface area is 112 Å². The molecule has 0 fully saturated rings. The molecule has 106 valence electrons. The molecule has 0 aromatic heterocycles. The number of hydrogen-bond acceptors (Lipinski definition) is 5. The van der Waals surface area contributed by atoms with Crippen molar-refractivity contribution in [3.63, 3.8) is 0 Å². The fourth-order valence-corrected chi connectivity index (χ4v) is 3.63. The molecule has 1 aromatic carbocycles. The zero-order valence-electron chi connectivity index (χ0n) is 10.5. The van der Waals surface area contributed by atoms with Gasteiger partial charge in [-0.15, -0.1) is 0 Å². The van der Waals surface area contributed by atoms with Crippen LogP contribution in [0.2, 0.25) is 0 Å². The summed E-state index contributed by atoms with van der Waals surface area (Å²) >= 11 is 0. The molecule has 3 N–H and O–H groups in total. The van der Waals surface area contributed by atoms with E-state index < -0.39 is 10.0 Å². The van der Waals surface area contributed by atoms with Crippen LogP contribution >= 0.6 is 0 Å². The molecule has 1 aliphatic rings. The molecule has 1 aliphatic heterocycles. The quantitative estimate of drug-likeness (QED) is 0.641. The Hall–Kier alpha value is -0.990. The van der Waals surface area contributed by atoms with Crippen molar-refractivity contribution in [2.75, 3.05) is 26.3 Å². The summed E-state index contributed by atoms with van der Waals surface area (Å²) in [5.41, 5.74) is 2.09. The molecule has 0 unspecified atom stereocenters. The van der Waals surface area contributed by atoms with Gasteiger partial charge >= 0.3 is 0 Å². The first kappa shape index (κ1) is 14.4. The van der Waals surface area contributed by atoms with E-state index in [1.807, 2.05) is 0 Å². The van der Waals surface area contributed by atoms with Gasteiger partial charge in [-0.25, -0.2) is 8.42 Å². The second kappa shape index (κ2) is 5.98. The second-order valence-corrected chi connectivity index (χ2v) is 6.32. The van der Waals surface area contributed by atoms with Gasteiger partial charge < -0.3 is 15.5 Å². The Balaban J connectivity index is 2.32. The molecular formula is C12H18N2O4S. The molecule has 0 bridgehead atoms. The van der Waals surface area contributed by atoms with E-state index in [0.717, 1.165) is 22.0 Å². The van der Waals surface area contributed by atoms with Gasteiger partial charge in [-0.3, -0.25) is 0 Å². The number of nitrogens with zero attached hydrogens (tertiary/aromatic N) is 1. The lowest BCUT2D eigenvalue weighted by molar-refractivity contribution is 0.217. The van der Waals surface area contributed by atoms with E-state index in [1.165, 1.54) is 0 Å². The van der Waals surface area contributed by atoms with Gasteiger partial charge in [0.2, 0.25) is 10.0 Å². The monoisotopic (exact) mass is 286 g/mol. The first-order valence-electron chi connectivity index (χ1n) is 6.14. The molecule has 0 atom stereocenters. The smallest absolute Gasteiger partial charge is 0.243 e. The van der Waals surface area contributed by atoms with E-state index in [9.17, 15) is 8.42 Å². The molecule has 6 nitrogen and oxygen atoms in total. The number of nitrogens with one attached hydrogen (secondary N) is 1. The minimum atomic E-state index is -3.66. The molecule has 2 rings (SSSR count). The van der Waals surface area contributed by atoms with E-state index >= 15 is 0 Å². The summed E-state index contributed by atoms with van der Waals surface area (Å²) in [7, 11) is -3.66.